The summed E-state index contributed by atoms with van der Waals surface area (Å²) in [5, 5.41) is 0.867. The zero-order valence-corrected chi connectivity index (χ0v) is 23.3. The molecule has 0 aliphatic heterocycles. The molecule has 9 heteroatoms. The van der Waals surface area contributed by atoms with Crippen LogP contribution in [0.1, 0.15) is 31.4 Å². The molecule has 0 spiro atoms. The van der Waals surface area contributed by atoms with Gasteiger partial charge in [0.2, 0.25) is 10.0 Å². The van der Waals surface area contributed by atoms with Gasteiger partial charge in [-0.2, -0.15) is 0 Å². The van der Waals surface area contributed by atoms with Gasteiger partial charge in [-0.3, -0.25) is 8.77 Å². The molecule has 0 bridgehead atoms. The lowest BCUT2D eigenvalue weighted by Gasteiger charge is -2.28. The number of fused-ring (bicyclic) bond motifs is 1. The molecule has 1 aliphatic carbocycles. The van der Waals surface area contributed by atoms with E-state index in [1.165, 1.54) is 3.97 Å². The fourth-order valence-electron chi connectivity index (χ4n) is 4.94. The van der Waals surface area contributed by atoms with Gasteiger partial charge in [0.15, 0.2) is 0 Å². The van der Waals surface area contributed by atoms with E-state index in [4.69, 9.17) is 19.6 Å². The van der Waals surface area contributed by atoms with Gasteiger partial charge in [-0.25, -0.2) is 8.42 Å². The number of para-hydroxylation sites is 1. The van der Waals surface area contributed by atoms with Gasteiger partial charge in [0.25, 0.3) is 0 Å². The molecule has 40 heavy (non-hydrogen) atoms. The van der Waals surface area contributed by atoms with E-state index in [1.807, 2.05) is 54.6 Å². The summed E-state index contributed by atoms with van der Waals surface area (Å²) >= 11 is 0. The number of nitrogens with zero attached hydrogens (tertiary/aromatic N) is 1. The molecule has 0 amide bonds. The minimum atomic E-state index is -3.77. The molecule has 0 fully saturated rings. The molecule has 2 aromatic carbocycles. The molecule has 2 heterocycles. The maximum Gasteiger partial charge on any atom is 0.310 e. The van der Waals surface area contributed by atoms with E-state index >= 15 is 0 Å². The van der Waals surface area contributed by atoms with Crippen LogP contribution in [0, 0.1) is 0 Å². The Labute approximate surface area is 233 Å². The van der Waals surface area contributed by atoms with E-state index < -0.39 is 14.8 Å². The first-order valence-corrected chi connectivity index (χ1v) is 14.6. The number of ether oxygens (including phenoxy) is 2. The van der Waals surface area contributed by atoms with Crippen molar-refractivity contribution in [2.75, 3.05) is 13.2 Å². The normalized spacial score (nSPS) is 17.1. The molecule has 0 radical (unpaired) electrons. The molecule has 1 unspecified atom stereocenters. The molecular weight excluding hydrogens is 528 g/mol. The minimum Gasteiger partial charge on any atom is -0.489 e. The first-order valence-electron chi connectivity index (χ1n) is 13.1. The van der Waals surface area contributed by atoms with Crippen LogP contribution in [0.4, 0.5) is 0 Å². The maximum absolute atomic E-state index is 13.7. The summed E-state index contributed by atoms with van der Waals surface area (Å²) in [5.41, 5.74) is 10.3. The van der Waals surface area contributed by atoms with Gasteiger partial charge in [-0.05, 0) is 61.7 Å². The first kappa shape index (κ1) is 27.5. The van der Waals surface area contributed by atoms with Crippen LogP contribution in [0.2, 0.25) is 0 Å². The summed E-state index contributed by atoms with van der Waals surface area (Å²) in [6.45, 7) is 4.32. The van der Waals surface area contributed by atoms with Crippen LogP contribution < -0.4 is 10.5 Å². The molecule has 2 aromatic heterocycles. The number of esters is 1. The van der Waals surface area contributed by atoms with Gasteiger partial charge >= 0.3 is 5.97 Å². The lowest BCUT2D eigenvalue weighted by molar-refractivity contribution is -0.142. The van der Waals surface area contributed by atoms with E-state index in [0.717, 1.165) is 27.6 Å². The number of aromatic nitrogens is 1. The van der Waals surface area contributed by atoms with Gasteiger partial charge in [0, 0.05) is 41.0 Å². The number of nitrogens with two attached hydrogens (primary N) is 1. The molecule has 0 saturated heterocycles. The zero-order valence-electron chi connectivity index (χ0n) is 22.5. The van der Waals surface area contributed by atoms with Crippen LogP contribution in [0.5, 0.6) is 5.75 Å². The Kier molecular flexibility index (Phi) is 7.69. The summed E-state index contributed by atoms with van der Waals surface area (Å²) in [6.07, 6.45) is 10.7. The molecule has 8 nitrogen and oxygen atoms in total. The number of carbonyl (C=O) groups is 1. The third-order valence-electron chi connectivity index (χ3n) is 7.04. The van der Waals surface area contributed by atoms with E-state index in [9.17, 15) is 13.2 Å². The van der Waals surface area contributed by atoms with Crippen molar-refractivity contribution in [2.24, 2.45) is 5.73 Å². The fraction of sp³-hybridized carbons (Fsp3) is 0.258. The van der Waals surface area contributed by atoms with E-state index in [0.29, 0.717) is 29.9 Å². The average molecular weight is 561 g/mol. The maximum atomic E-state index is 13.7. The Morgan fingerprint density at radius 2 is 2.00 bits per heavy atom. The van der Waals surface area contributed by atoms with Crippen molar-refractivity contribution >= 4 is 27.0 Å². The van der Waals surface area contributed by atoms with Crippen molar-refractivity contribution in [3.05, 3.63) is 102 Å². The fourth-order valence-corrected chi connectivity index (χ4v) is 6.50. The van der Waals surface area contributed by atoms with Crippen molar-refractivity contribution in [3.8, 4) is 16.9 Å². The highest BCUT2D eigenvalue weighted by molar-refractivity contribution is 7.91. The Morgan fingerprint density at radius 3 is 2.80 bits per heavy atom. The smallest absolute Gasteiger partial charge is 0.310 e. The third kappa shape index (κ3) is 5.35. The van der Waals surface area contributed by atoms with Crippen molar-refractivity contribution < 1.29 is 27.1 Å². The second-order valence-electron chi connectivity index (χ2n) is 9.94. The average Bonchev–Trinajstić information content (AvgIpc) is 3.63. The predicted molar refractivity (Wildman–Crippen MR) is 154 cm³/mol. The Balaban J connectivity index is 1.43. The number of allylic oxidation sites excluding steroid dienone is 1. The topological polar surface area (TPSA) is 114 Å². The van der Waals surface area contributed by atoms with Gasteiger partial charge < -0.3 is 19.6 Å². The highest BCUT2D eigenvalue weighted by Gasteiger charge is 2.39. The van der Waals surface area contributed by atoms with Crippen molar-refractivity contribution in [3.63, 3.8) is 0 Å². The number of hydrogen-bond donors (Lipinski definition) is 1. The third-order valence-corrected chi connectivity index (χ3v) is 9.29. The summed E-state index contributed by atoms with van der Waals surface area (Å²) < 4.78 is 44.5. The Morgan fingerprint density at radius 1 is 1.18 bits per heavy atom. The summed E-state index contributed by atoms with van der Waals surface area (Å²) in [7, 11) is -3.77. The van der Waals surface area contributed by atoms with Crippen LogP contribution in [0.25, 0.3) is 22.1 Å². The lowest BCUT2D eigenvalue weighted by atomic mass is 9.97. The molecular formula is C31H32N2O6S. The summed E-state index contributed by atoms with van der Waals surface area (Å²) in [4.78, 5) is 12.0. The quantitative estimate of drug-likeness (QED) is 0.260. The number of rotatable bonds is 10. The molecule has 208 valence electrons. The molecule has 1 aliphatic rings. The van der Waals surface area contributed by atoms with Crippen LogP contribution in [0.15, 0.2) is 95.4 Å². The van der Waals surface area contributed by atoms with Gasteiger partial charge in [0.1, 0.15) is 22.7 Å². The Hall–Kier alpha value is -4.08. The van der Waals surface area contributed by atoms with Gasteiger partial charge in [-0.1, -0.05) is 36.4 Å². The molecule has 1 atom stereocenters. The van der Waals surface area contributed by atoms with Crippen molar-refractivity contribution in [1.29, 1.82) is 0 Å². The SMILES string of the molecule is CCOC(=O)Cc1ccccc1OCc1cc(-c2ccn(S(=O)(=O)C3(C)C=C(CN)C=CC3)c2)c2occc2c1. The number of carbonyl (C=O) groups excluding carboxylic acids is 1. The highest BCUT2D eigenvalue weighted by Crippen LogP contribution is 2.35. The first-order chi connectivity index (χ1) is 19.2. The molecule has 5 rings (SSSR count). The van der Waals surface area contributed by atoms with Crippen molar-refractivity contribution in [2.45, 2.75) is 38.0 Å². The summed E-state index contributed by atoms with van der Waals surface area (Å²) in [5.74, 6) is 0.286. The number of furan rings is 1. The van der Waals surface area contributed by atoms with Gasteiger partial charge in [0.05, 0.1) is 19.3 Å². The largest absolute Gasteiger partial charge is 0.489 e. The van der Waals surface area contributed by atoms with E-state index in [1.54, 1.807) is 44.6 Å². The minimum absolute atomic E-state index is 0.120. The van der Waals surface area contributed by atoms with E-state index in [2.05, 4.69) is 0 Å². The molecule has 0 saturated carbocycles. The van der Waals surface area contributed by atoms with Crippen molar-refractivity contribution in [1.82, 2.24) is 3.97 Å². The van der Waals surface area contributed by atoms with Gasteiger partial charge in [-0.15, -0.1) is 0 Å². The number of benzene rings is 2. The second kappa shape index (κ2) is 11.2. The predicted octanol–water partition coefficient (Wildman–Crippen LogP) is 5.37. The van der Waals surface area contributed by atoms with Crippen LogP contribution in [0.3, 0.4) is 0 Å². The monoisotopic (exact) mass is 560 g/mol. The zero-order chi connectivity index (χ0) is 28.3. The standard InChI is InChI=1S/C31H32N2O6S/c1-3-37-29(34)17-24-8-4-5-9-28(24)39-21-23-15-25-11-14-38-30(25)27(16-23)26-10-13-33(20-26)40(35,36)31(2)12-6-7-22(18-31)19-32/h4-11,13-16,18,20H,3,12,17,19,21,32H2,1-2H3. The van der Waals surface area contributed by atoms with Crippen LogP contribution in [-0.4, -0.2) is 36.3 Å². The van der Waals surface area contributed by atoms with Crippen LogP contribution >= 0.6 is 0 Å². The van der Waals surface area contributed by atoms with Crippen LogP contribution in [-0.2, 0) is 32.6 Å². The lowest BCUT2D eigenvalue weighted by Crippen LogP contribution is -2.38. The summed E-state index contributed by atoms with van der Waals surface area (Å²) in [6, 6.07) is 14.9. The highest BCUT2D eigenvalue weighted by atomic mass is 32.2. The molecule has 2 N–H and O–H groups in total. The number of hydrogen-bond acceptors (Lipinski definition) is 7. The molecule has 4 aromatic rings. The van der Waals surface area contributed by atoms with E-state index in [-0.39, 0.29) is 25.5 Å². The second-order valence-corrected chi connectivity index (χ2v) is 12.2. The Bertz CT molecular complexity index is 1710.